The maximum Gasteiger partial charge on any atom is 0.220 e. The molecule has 3 atom stereocenters. The number of carbonyl (C=O) groups is 1. The number of nitrogens with zero attached hydrogens (tertiary/aromatic N) is 1. The number of fused-ring (bicyclic) bond motifs is 3. The van der Waals surface area contributed by atoms with Gasteiger partial charge in [-0.15, -0.1) is 0 Å². The molecule has 3 unspecified atom stereocenters. The van der Waals surface area contributed by atoms with Crippen molar-refractivity contribution in [3.63, 3.8) is 0 Å². The molecule has 0 saturated heterocycles. The Labute approximate surface area is 121 Å². The maximum atomic E-state index is 11.5. The smallest absolute Gasteiger partial charge is 0.220 e. The van der Waals surface area contributed by atoms with Crippen LogP contribution in [0.25, 0.3) is 0 Å². The third kappa shape index (κ3) is 2.19. The molecule has 0 bridgehead atoms. The van der Waals surface area contributed by atoms with Gasteiger partial charge in [-0.2, -0.15) is 0 Å². The first kappa shape index (κ1) is 13.5. The van der Waals surface area contributed by atoms with Crippen LogP contribution in [0.5, 0.6) is 0 Å². The zero-order chi connectivity index (χ0) is 14.3. The number of rotatable bonds is 3. The van der Waals surface area contributed by atoms with Gasteiger partial charge in [0.25, 0.3) is 0 Å². The Morgan fingerprint density at radius 3 is 2.80 bits per heavy atom. The zero-order valence-electron chi connectivity index (χ0n) is 12.4. The highest BCUT2D eigenvalue weighted by molar-refractivity contribution is 5.77. The second-order valence-electron chi connectivity index (χ2n) is 6.69. The molecule has 2 aliphatic rings. The van der Waals surface area contributed by atoms with E-state index in [-0.39, 0.29) is 11.8 Å². The summed E-state index contributed by atoms with van der Waals surface area (Å²) in [5, 5.41) is 0. The number of primary amides is 1. The van der Waals surface area contributed by atoms with Crippen molar-refractivity contribution in [2.45, 2.75) is 45.1 Å². The van der Waals surface area contributed by atoms with Gasteiger partial charge in [-0.3, -0.25) is 4.79 Å². The number of benzene rings is 1. The van der Waals surface area contributed by atoms with E-state index in [0.29, 0.717) is 17.9 Å². The highest BCUT2D eigenvalue weighted by atomic mass is 16.1. The molecule has 1 heterocycles. The van der Waals surface area contributed by atoms with Crippen LogP contribution in [0.3, 0.4) is 0 Å². The molecule has 2 N–H and O–H groups in total. The number of amides is 1. The SMILES string of the molecule is CC(C)CN1c2ccccc2C2CC(C(N)=O)CCC21. The molecule has 0 radical (unpaired) electrons. The summed E-state index contributed by atoms with van der Waals surface area (Å²) in [6.45, 7) is 5.63. The molecule has 1 aromatic rings. The average molecular weight is 272 g/mol. The van der Waals surface area contributed by atoms with Gasteiger partial charge >= 0.3 is 0 Å². The van der Waals surface area contributed by atoms with Crippen molar-refractivity contribution in [2.75, 3.05) is 11.4 Å². The van der Waals surface area contributed by atoms with Crippen LogP contribution in [-0.4, -0.2) is 18.5 Å². The van der Waals surface area contributed by atoms with Gasteiger partial charge in [0.2, 0.25) is 5.91 Å². The lowest BCUT2D eigenvalue weighted by Gasteiger charge is -2.37. The first-order valence-electron chi connectivity index (χ1n) is 7.72. The van der Waals surface area contributed by atoms with E-state index in [1.165, 1.54) is 11.3 Å². The Balaban J connectivity index is 1.92. The monoisotopic (exact) mass is 272 g/mol. The summed E-state index contributed by atoms with van der Waals surface area (Å²) in [4.78, 5) is 14.1. The normalized spacial score (nSPS) is 28.4. The van der Waals surface area contributed by atoms with Gasteiger partial charge in [-0.1, -0.05) is 32.0 Å². The molecular formula is C17H24N2O. The molecule has 0 aromatic heterocycles. The lowest BCUT2D eigenvalue weighted by atomic mass is 9.76. The molecule has 0 spiro atoms. The molecule has 3 heteroatoms. The molecule has 20 heavy (non-hydrogen) atoms. The predicted molar refractivity (Wildman–Crippen MR) is 81.7 cm³/mol. The second-order valence-corrected chi connectivity index (χ2v) is 6.69. The van der Waals surface area contributed by atoms with E-state index in [1.807, 2.05) is 0 Å². The number of nitrogens with two attached hydrogens (primary N) is 1. The Morgan fingerprint density at radius 2 is 2.10 bits per heavy atom. The third-order valence-corrected chi connectivity index (χ3v) is 4.82. The van der Waals surface area contributed by atoms with E-state index < -0.39 is 0 Å². The Bertz CT molecular complexity index is 511. The summed E-state index contributed by atoms with van der Waals surface area (Å²) in [6, 6.07) is 9.26. The van der Waals surface area contributed by atoms with E-state index in [0.717, 1.165) is 25.8 Å². The number of para-hydroxylation sites is 1. The predicted octanol–water partition coefficient (Wildman–Crippen LogP) is 2.90. The molecule has 1 aromatic carbocycles. The van der Waals surface area contributed by atoms with Crippen LogP contribution in [0.15, 0.2) is 24.3 Å². The topological polar surface area (TPSA) is 46.3 Å². The maximum absolute atomic E-state index is 11.5. The van der Waals surface area contributed by atoms with Crippen molar-refractivity contribution < 1.29 is 4.79 Å². The van der Waals surface area contributed by atoms with Crippen molar-refractivity contribution in [1.29, 1.82) is 0 Å². The summed E-state index contributed by atoms with van der Waals surface area (Å²) >= 11 is 0. The Kier molecular flexibility index (Phi) is 3.45. The molecule has 1 fully saturated rings. The van der Waals surface area contributed by atoms with Gasteiger partial charge in [-0.05, 0) is 36.8 Å². The molecule has 1 saturated carbocycles. The Morgan fingerprint density at radius 1 is 1.35 bits per heavy atom. The standard InChI is InChI=1S/C17H24N2O/c1-11(2)10-19-15-6-4-3-5-13(15)14-9-12(17(18)20)7-8-16(14)19/h3-6,11-12,14,16H,7-10H2,1-2H3,(H2,18,20). The molecule has 3 nitrogen and oxygen atoms in total. The number of carbonyl (C=O) groups excluding carboxylic acids is 1. The van der Waals surface area contributed by atoms with Gasteiger partial charge in [0.15, 0.2) is 0 Å². The molecular weight excluding hydrogens is 248 g/mol. The molecule has 108 valence electrons. The fourth-order valence-electron chi connectivity index (χ4n) is 3.99. The van der Waals surface area contributed by atoms with Crippen molar-refractivity contribution in [3.05, 3.63) is 29.8 Å². The first-order valence-corrected chi connectivity index (χ1v) is 7.72. The molecule has 3 rings (SSSR count). The molecule has 1 aliphatic carbocycles. The van der Waals surface area contributed by atoms with E-state index in [4.69, 9.17) is 5.73 Å². The van der Waals surface area contributed by atoms with Gasteiger partial charge < -0.3 is 10.6 Å². The van der Waals surface area contributed by atoms with E-state index in [9.17, 15) is 4.79 Å². The van der Waals surface area contributed by atoms with Crippen LogP contribution < -0.4 is 10.6 Å². The van der Waals surface area contributed by atoms with Gasteiger partial charge in [0.1, 0.15) is 0 Å². The second kappa shape index (κ2) is 5.12. The fraction of sp³-hybridized carbons (Fsp3) is 0.588. The quantitative estimate of drug-likeness (QED) is 0.919. The lowest BCUT2D eigenvalue weighted by molar-refractivity contribution is -0.122. The van der Waals surface area contributed by atoms with E-state index in [2.05, 4.69) is 43.0 Å². The minimum Gasteiger partial charge on any atom is -0.369 e. The fourth-order valence-corrected chi connectivity index (χ4v) is 3.99. The summed E-state index contributed by atoms with van der Waals surface area (Å²) in [5.41, 5.74) is 8.33. The van der Waals surface area contributed by atoms with Crippen molar-refractivity contribution in [1.82, 2.24) is 0 Å². The average Bonchev–Trinajstić information content (AvgIpc) is 2.73. The minimum absolute atomic E-state index is 0.0586. The largest absolute Gasteiger partial charge is 0.369 e. The van der Waals surface area contributed by atoms with Gasteiger partial charge in [-0.25, -0.2) is 0 Å². The van der Waals surface area contributed by atoms with Crippen molar-refractivity contribution >= 4 is 11.6 Å². The Hall–Kier alpha value is -1.51. The van der Waals surface area contributed by atoms with Crippen molar-refractivity contribution in [3.8, 4) is 0 Å². The summed E-state index contributed by atoms with van der Waals surface area (Å²) in [7, 11) is 0. The summed E-state index contributed by atoms with van der Waals surface area (Å²) < 4.78 is 0. The number of anilines is 1. The summed E-state index contributed by atoms with van der Waals surface area (Å²) in [6.07, 6.45) is 2.95. The highest BCUT2D eigenvalue weighted by Gasteiger charge is 2.43. The van der Waals surface area contributed by atoms with Gasteiger partial charge in [0.05, 0.1) is 0 Å². The molecule has 1 aliphatic heterocycles. The zero-order valence-corrected chi connectivity index (χ0v) is 12.4. The minimum atomic E-state index is -0.122. The van der Waals surface area contributed by atoms with Crippen LogP contribution in [0.4, 0.5) is 5.69 Å². The van der Waals surface area contributed by atoms with Crippen LogP contribution >= 0.6 is 0 Å². The first-order chi connectivity index (χ1) is 9.58. The number of hydrogen-bond donors (Lipinski definition) is 1. The van der Waals surface area contributed by atoms with E-state index >= 15 is 0 Å². The van der Waals surface area contributed by atoms with Crippen LogP contribution in [0.1, 0.15) is 44.6 Å². The third-order valence-electron chi connectivity index (χ3n) is 4.82. The summed E-state index contributed by atoms with van der Waals surface area (Å²) in [5.74, 6) is 1.07. The van der Waals surface area contributed by atoms with Crippen LogP contribution in [0, 0.1) is 11.8 Å². The van der Waals surface area contributed by atoms with Crippen molar-refractivity contribution in [2.24, 2.45) is 17.6 Å². The molecule has 1 amide bonds. The highest BCUT2D eigenvalue weighted by Crippen LogP contribution is 2.49. The number of hydrogen-bond acceptors (Lipinski definition) is 2. The van der Waals surface area contributed by atoms with Crippen LogP contribution in [-0.2, 0) is 4.79 Å². The van der Waals surface area contributed by atoms with Crippen LogP contribution in [0.2, 0.25) is 0 Å². The lowest BCUT2D eigenvalue weighted by Crippen LogP contribution is -2.41. The van der Waals surface area contributed by atoms with E-state index in [1.54, 1.807) is 0 Å². The van der Waals surface area contributed by atoms with Gasteiger partial charge in [0, 0.05) is 30.1 Å².